The summed E-state index contributed by atoms with van der Waals surface area (Å²) in [5, 5.41) is 14.4. The number of carbonyl (C=O) groups is 2. The first kappa shape index (κ1) is 14.8. The van der Waals surface area contributed by atoms with E-state index in [1.54, 1.807) is 0 Å². The Labute approximate surface area is 108 Å². The molecular formula is C13H24N2O3. The van der Waals surface area contributed by atoms with E-state index >= 15 is 0 Å². The van der Waals surface area contributed by atoms with Crippen molar-refractivity contribution in [2.75, 3.05) is 0 Å². The summed E-state index contributed by atoms with van der Waals surface area (Å²) in [6.45, 7) is 4.08. The van der Waals surface area contributed by atoms with Gasteiger partial charge in [0, 0.05) is 6.04 Å². The summed E-state index contributed by atoms with van der Waals surface area (Å²) < 4.78 is 0. The average Bonchev–Trinajstić information content (AvgIpc) is 2.28. The number of carboxylic acid groups (broad SMARTS) is 1. The highest BCUT2D eigenvalue weighted by Crippen LogP contribution is 2.23. The van der Waals surface area contributed by atoms with Gasteiger partial charge in [0.25, 0.3) is 0 Å². The van der Waals surface area contributed by atoms with E-state index in [4.69, 9.17) is 5.11 Å². The smallest absolute Gasteiger partial charge is 0.326 e. The molecule has 0 radical (unpaired) electrons. The van der Waals surface area contributed by atoms with Crippen LogP contribution < -0.4 is 10.6 Å². The predicted octanol–water partition coefficient (Wildman–Crippen LogP) is 2.12. The van der Waals surface area contributed by atoms with Gasteiger partial charge in [0.15, 0.2) is 0 Å². The molecule has 2 amide bonds. The molecule has 5 nitrogen and oxygen atoms in total. The summed E-state index contributed by atoms with van der Waals surface area (Å²) in [5.41, 5.74) is 0. The minimum atomic E-state index is -0.969. The second-order valence-corrected chi connectivity index (χ2v) is 5.27. The quantitative estimate of drug-likeness (QED) is 0.705. The van der Waals surface area contributed by atoms with Crippen molar-refractivity contribution in [2.24, 2.45) is 5.92 Å². The highest BCUT2D eigenvalue weighted by molar-refractivity contribution is 5.82. The van der Waals surface area contributed by atoms with Crippen LogP contribution >= 0.6 is 0 Å². The number of urea groups is 1. The van der Waals surface area contributed by atoms with Crippen LogP contribution in [0.1, 0.15) is 52.4 Å². The van der Waals surface area contributed by atoms with Crippen LogP contribution in [0.25, 0.3) is 0 Å². The first-order chi connectivity index (χ1) is 8.52. The minimum absolute atomic E-state index is 0.185. The number of hydrogen-bond donors (Lipinski definition) is 3. The topological polar surface area (TPSA) is 78.4 Å². The van der Waals surface area contributed by atoms with Crippen LogP contribution in [0.2, 0.25) is 0 Å². The van der Waals surface area contributed by atoms with Crippen molar-refractivity contribution in [3.8, 4) is 0 Å². The number of hydrogen-bond acceptors (Lipinski definition) is 2. The third-order valence-corrected chi connectivity index (χ3v) is 3.45. The van der Waals surface area contributed by atoms with Crippen LogP contribution in [0.3, 0.4) is 0 Å². The van der Waals surface area contributed by atoms with E-state index in [9.17, 15) is 9.59 Å². The molecule has 5 heteroatoms. The van der Waals surface area contributed by atoms with Crippen molar-refractivity contribution in [3.63, 3.8) is 0 Å². The molecule has 0 aromatic carbocycles. The average molecular weight is 256 g/mol. The molecule has 1 aliphatic carbocycles. The molecule has 3 atom stereocenters. The number of rotatable bonds is 5. The van der Waals surface area contributed by atoms with E-state index < -0.39 is 12.0 Å². The lowest BCUT2D eigenvalue weighted by atomic mass is 9.87. The fourth-order valence-corrected chi connectivity index (χ4v) is 2.50. The number of carboxylic acids is 1. The van der Waals surface area contributed by atoms with Crippen molar-refractivity contribution in [1.82, 2.24) is 10.6 Å². The van der Waals surface area contributed by atoms with Crippen LogP contribution in [-0.4, -0.2) is 29.2 Å². The zero-order chi connectivity index (χ0) is 13.5. The Balaban J connectivity index is 2.37. The first-order valence-corrected chi connectivity index (χ1v) is 6.82. The highest BCUT2D eigenvalue weighted by Gasteiger charge is 2.23. The Kier molecular flexibility index (Phi) is 5.95. The normalized spacial score (nSPS) is 25.2. The molecular weight excluding hydrogens is 232 g/mol. The zero-order valence-corrected chi connectivity index (χ0v) is 11.2. The summed E-state index contributed by atoms with van der Waals surface area (Å²) in [4.78, 5) is 22.6. The van der Waals surface area contributed by atoms with Gasteiger partial charge in [-0.15, -0.1) is 0 Å². The van der Waals surface area contributed by atoms with Gasteiger partial charge in [-0.3, -0.25) is 0 Å². The molecule has 104 valence electrons. The molecule has 1 rings (SSSR count). The van der Waals surface area contributed by atoms with E-state index in [0.29, 0.717) is 12.3 Å². The second-order valence-electron chi connectivity index (χ2n) is 5.27. The molecule has 1 fully saturated rings. The number of amides is 2. The van der Waals surface area contributed by atoms with Gasteiger partial charge in [-0.1, -0.05) is 33.1 Å². The van der Waals surface area contributed by atoms with E-state index in [1.807, 2.05) is 6.92 Å². The van der Waals surface area contributed by atoms with Crippen molar-refractivity contribution in [2.45, 2.75) is 64.5 Å². The van der Waals surface area contributed by atoms with Gasteiger partial charge in [-0.25, -0.2) is 9.59 Å². The summed E-state index contributed by atoms with van der Waals surface area (Å²) in [7, 11) is 0. The van der Waals surface area contributed by atoms with Crippen LogP contribution in [-0.2, 0) is 4.79 Å². The van der Waals surface area contributed by atoms with Crippen molar-refractivity contribution >= 4 is 12.0 Å². The molecule has 1 saturated carbocycles. The van der Waals surface area contributed by atoms with Gasteiger partial charge in [0.2, 0.25) is 0 Å². The summed E-state index contributed by atoms with van der Waals surface area (Å²) in [5.74, 6) is -0.334. The van der Waals surface area contributed by atoms with Gasteiger partial charge in [0.05, 0.1) is 0 Å². The molecule has 2 unspecified atom stereocenters. The lowest BCUT2D eigenvalue weighted by Gasteiger charge is -2.28. The van der Waals surface area contributed by atoms with Crippen LogP contribution in [0.4, 0.5) is 4.79 Å². The van der Waals surface area contributed by atoms with Crippen LogP contribution in [0.5, 0.6) is 0 Å². The molecule has 0 aromatic rings. The highest BCUT2D eigenvalue weighted by atomic mass is 16.4. The van der Waals surface area contributed by atoms with Gasteiger partial charge in [-0.05, 0) is 25.2 Å². The molecule has 1 aliphatic rings. The maximum absolute atomic E-state index is 11.7. The lowest BCUT2D eigenvalue weighted by molar-refractivity contribution is -0.139. The fraction of sp³-hybridized carbons (Fsp3) is 0.846. The van der Waals surface area contributed by atoms with Gasteiger partial charge in [-0.2, -0.15) is 0 Å². The predicted molar refractivity (Wildman–Crippen MR) is 69.4 cm³/mol. The number of carbonyl (C=O) groups excluding carboxylic acids is 1. The Morgan fingerprint density at radius 1 is 1.39 bits per heavy atom. The van der Waals surface area contributed by atoms with E-state index in [-0.39, 0.29) is 12.1 Å². The van der Waals surface area contributed by atoms with E-state index in [2.05, 4.69) is 17.6 Å². The van der Waals surface area contributed by atoms with Crippen molar-refractivity contribution < 1.29 is 14.7 Å². The Morgan fingerprint density at radius 2 is 2.11 bits per heavy atom. The SMILES string of the molecule is CCC[C@@H](NC(=O)NC1CCCC(C)C1)C(=O)O. The standard InChI is InChI=1S/C13H24N2O3/c1-3-5-11(12(16)17)15-13(18)14-10-7-4-6-9(2)8-10/h9-11H,3-8H2,1-2H3,(H,16,17)(H2,14,15,18)/t9?,10?,11-/m1/s1. The Morgan fingerprint density at radius 3 is 2.67 bits per heavy atom. The number of aliphatic carboxylic acids is 1. The third-order valence-electron chi connectivity index (χ3n) is 3.45. The summed E-state index contributed by atoms with van der Waals surface area (Å²) in [6, 6.07) is -0.948. The fourth-order valence-electron chi connectivity index (χ4n) is 2.50. The van der Waals surface area contributed by atoms with Gasteiger partial charge < -0.3 is 15.7 Å². The summed E-state index contributed by atoms with van der Waals surface area (Å²) in [6.07, 6.45) is 5.51. The van der Waals surface area contributed by atoms with Crippen molar-refractivity contribution in [3.05, 3.63) is 0 Å². The largest absolute Gasteiger partial charge is 0.480 e. The monoisotopic (exact) mass is 256 g/mol. The second kappa shape index (κ2) is 7.24. The molecule has 0 aliphatic heterocycles. The van der Waals surface area contributed by atoms with Crippen LogP contribution in [0.15, 0.2) is 0 Å². The van der Waals surface area contributed by atoms with E-state index in [0.717, 1.165) is 25.7 Å². The van der Waals surface area contributed by atoms with Crippen molar-refractivity contribution in [1.29, 1.82) is 0 Å². The molecule has 18 heavy (non-hydrogen) atoms. The van der Waals surface area contributed by atoms with Crippen LogP contribution in [0, 0.1) is 5.92 Å². The molecule has 0 heterocycles. The minimum Gasteiger partial charge on any atom is -0.480 e. The molecule has 0 spiro atoms. The number of nitrogens with one attached hydrogen (secondary N) is 2. The maximum atomic E-state index is 11.7. The molecule has 0 saturated heterocycles. The zero-order valence-electron chi connectivity index (χ0n) is 11.2. The summed E-state index contributed by atoms with van der Waals surface area (Å²) >= 11 is 0. The molecule has 0 aromatic heterocycles. The maximum Gasteiger partial charge on any atom is 0.326 e. The third kappa shape index (κ3) is 4.94. The lowest BCUT2D eigenvalue weighted by Crippen LogP contribution is -2.49. The first-order valence-electron chi connectivity index (χ1n) is 6.82. The molecule has 3 N–H and O–H groups in total. The Bertz CT molecular complexity index is 294. The van der Waals surface area contributed by atoms with E-state index in [1.165, 1.54) is 6.42 Å². The van der Waals surface area contributed by atoms with Gasteiger partial charge >= 0.3 is 12.0 Å². The van der Waals surface area contributed by atoms with Gasteiger partial charge in [0.1, 0.15) is 6.04 Å². The Hall–Kier alpha value is -1.26. The molecule has 0 bridgehead atoms.